The summed E-state index contributed by atoms with van der Waals surface area (Å²) in [6.45, 7) is 0. The van der Waals surface area contributed by atoms with Crippen LogP contribution in [0.3, 0.4) is 0 Å². The van der Waals surface area contributed by atoms with Crippen LogP contribution in [0, 0.1) is 0 Å². The fourth-order valence-corrected chi connectivity index (χ4v) is 6.68. The topological polar surface area (TPSA) is 130 Å². The van der Waals surface area contributed by atoms with Crippen LogP contribution in [0.5, 0.6) is 0 Å². The third-order valence-corrected chi connectivity index (χ3v) is 9.19. The number of hydrogen-bond donors (Lipinski definition) is 2. The van der Waals surface area contributed by atoms with Crippen molar-refractivity contribution in [2.75, 3.05) is 14.1 Å². The molecule has 1 amide bonds. The molecule has 2 heterocycles. The summed E-state index contributed by atoms with van der Waals surface area (Å²) in [6.07, 6.45) is -4.18. The van der Waals surface area contributed by atoms with Crippen molar-refractivity contribution in [3.63, 3.8) is 0 Å². The molecule has 0 saturated heterocycles. The van der Waals surface area contributed by atoms with Crippen molar-refractivity contribution >= 4 is 33.2 Å². The van der Waals surface area contributed by atoms with Gasteiger partial charge in [-0.2, -0.15) is 17.9 Å². The maximum Gasteiger partial charge on any atom is 0.452 e. The van der Waals surface area contributed by atoms with Gasteiger partial charge >= 0.3 is 12.1 Å². The predicted octanol–water partition coefficient (Wildman–Crippen LogP) is 3.73. The summed E-state index contributed by atoms with van der Waals surface area (Å²) in [5.41, 5.74) is -0.623. The van der Waals surface area contributed by atoms with Gasteiger partial charge in [-0.1, -0.05) is 29.4 Å². The average Bonchev–Trinajstić information content (AvgIpc) is 3.19. The Morgan fingerprint density at radius 3 is 2.57 bits per heavy atom. The lowest BCUT2D eigenvalue weighted by atomic mass is 9.97. The van der Waals surface area contributed by atoms with E-state index < -0.39 is 39.4 Å². The van der Waals surface area contributed by atoms with E-state index in [1.165, 1.54) is 11.0 Å². The van der Waals surface area contributed by atoms with Crippen LogP contribution >= 0.6 is 11.3 Å². The van der Waals surface area contributed by atoms with Gasteiger partial charge in [0.15, 0.2) is 0 Å². The number of thiophene rings is 1. The van der Waals surface area contributed by atoms with Crippen molar-refractivity contribution < 1.29 is 40.8 Å². The average molecular weight is 558 g/mol. The van der Waals surface area contributed by atoms with Crippen molar-refractivity contribution in [2.45, 2.75) is 41.1 Å². The number of carboxylic acid groups (broad SMARTS) is 1. The van der Waals surface area contributed by atoms with Crippen LogP contribution in [-0.2, 0) is 32.2 Å². The molecule has 1 fully saturated rings. The number of alkyl halides is 3. The first kappa shape index (κ1) is 26.8. The predicted molar refractivity (Wildman–Crippen MR) is 126 cm³/mol. The van der Waals surface area contributed by atoms with Gasteiger partial charge in [-0.25, -0.2) is 8.42 Å². The Hall–Kier alpha value is -3.23. The highest BCUT2D eigenvalue weighted by molar-refractivity contribution is 7.91. The van der Waals surface area contributed by atoms with E-state index in [-0.39, 0.29) is 33.5 Å². The van der Waals surface area contributed by atoms with Crippen molar-refractivity contribution in [3.8, 4) is 10.6 Å². The van der Waals surface area contributed by atoms with Gasteiger partial charge in [-0.05, 0) is 36.1 Å². The zero-order chi connectivity index (χ0) is 27.2. The normalized spacial score (nSPS) is 19.5. The number of halogens is 3. The Balaban J connectivity index is 1.56. The number of rotatable bonds is 9. The smallest absolute Gasteiger partial charge is 0.452 e. The Morgan fingerprint density at radius 2 is 1.95 bits per heavy atom. The lowest BCUT2D eigenvalue weighted by Crippen LogP contribution is -2.44. The van der Waals surface area contributed by atoms with Crippen LogP contribution in [0.25, 0.3) is 10.6 Å². The first-order chi connectivity index (χ1) is 17.2. The minimum Gasteiger partial charge on any atom is -0.480 e. The first-order valence-electron chi connectivity index (χ1n) is 10.9. The largest absolute Gasteiger partial charge is 0.480 e. The summed E-state index contributed by atoms with van der Waals surface area (Å²) < 4.78 is 70.9. The van der Waals surface area contributed by atoms with E-state index in [9.17, 15) is 36.3 Å². The van der Waals surface area contributed by atoms with Crippen molar-refractivity contribution in [3.05, 3.63) is 59.4 Å². The number of amides is 1. The fourth-order valence-electron chi connectivity index (χ4n) is 4.02. The van der Waals surface area contributed by atoms with Gasteiger partial charge in [-0.15, -0.1) is 11.3 Å². The first-order valence-corrected chi connectivity index (χ1v) is 13.2. The monoisotopic (exact) mass is 557 g/mol. The molecular formula is C23H22F3N3O6S2. The van der Waals surface area contributed by atoms with Crippen molar-refractivity contribution in [1.82, 2.24) is 14.8 Å². The number of nitrogens with one attached hydrogen (secondary N) is 1. The minimum absolute atomic E-state index is 0.00331. The van der Waals surface area contributed by atoms with Crippen LogP contribution in [-0.4, -0.2) is 55.1 Å². The SMILES string of the molecule is CN(C)C(=O)CCc1ccccc1[C@@H]1C[C@]1(NS(=O)(=O)c1ccc(-c2cc(C(F)(F)F)on2)s1)C(=O)O. The number of aromatic nitrogens is 1. The number of nitrogens with zero attached hydrogens (tertiary/aromatic N) is 2. The van der Waals surface area contributed by atoms with E-state index in [1.54, 1.807) is 38.4 Å². The number of carbonyl (C=O) groups is 2. The molecule has 198 valence electrons. The number of carboxylic acids is 1. The molecule has 4 rings (SSSR count). The molecule has 0 unspecified atom stereocenters. The van der Waals surface area contributed by atoms with Crippen molar-refractivity contribution in [2.24, 2.45) is 0 Å². The number of benzene rings is 1. The van der Waals surface area contributed by atoms with E-state index in [0.717, 1.165) is 11.6 Å². The fraction of sp³-hybridized carbons (Fsp3) is 0.348. The second kappa shape index (κ2) is 9.58. The molecule has 2 N–H and O–H groups in total. The Labute approximate surface area is 213 Å². The Bertz CT molecular complexity index is 1450. The highest BCUT2D eigenvalue weighted by atomic mass is 32.2. The quantitative estimate of drug-likeness (QED) is 0.410. The molecule has 0 bridgehead atoms. The molecule has 1 saturated carbocycles. The van der Waals surface area contributed by atoms with Gasteiger partial charge in [0.2, 0.25) is 11.7 Å². The molecule has 37 heavy (non-hydrogen) atoms. The maximum atomic E-state index is 13.1. The molecule has 2 aromatic heterocycles. The zero-order valence-corrected chi connectivity index (χ0v) is 21.2. The summed E-state index contributed by atoms with van der Waals surface area (Å²) in [5.74, 6) is -3.45. The van der Waals surface area contributed by atoms with Crippen LogP contribution in [0.1, 0.15) is 35.6 Å². The van der Waals surface area contributed by atoms with Crippen LogP contribution < -0.4 is 4.72 Å². The molecule has 1 aliphatic carbocycles. The molecular weight excluding hydrogens is 535 g/mol. The summed E-state index contributed by atoms with van der Waals surface area (Å²) in [5, 5.41) is 13.3. The number of sulfonamides is 1. The van der Waals surface area contributed by atoms with Gasteiger partial charge in [0.25, 0.3) is 10.0 Å². The van der Waals surface area contributed by atoms with E-state index in [1.807, 2.05) is 0 Å². The van der Waals surface area contributed by atoms with E-state index in [0.29, 0.717) is 29.4 Å². The maximum absolute atomic E-state index is 13.1. The zero-order valence-electron chi connectivity index (χ0n) is 19.6. The standard InChI is InChI=1S/C23H22F3N3O6S2/c1-29(2)19(30)9-7-13-5-3-4-6-14(13)15-12-22(15,21(31)32)28-37(33,34)20-10-8-17(36-20)16-11-18(35-27-16)23(24,25)26/h3-6,8,10-11,15,28H,7,9,12H2,1-2H3,(H,31,32)/t15-,22+/m0/s1. The lowest BCUT2D eigenvalue weighted by molar-refractivity contribution is -0.155. The summed E-state index contributed by atoms with van der Waals surface area (Å²) >= 11 is 0.636. The van der Waals surface area contributed by atoms with Gasteiger partial charge in [-0.3, -0.25) is 9.59 Å². The number of aliphatic carboxylic acids is 1. The summed E-state index contributed by atoms with van der Waals surface area (Å²) in [6, 6.07) is 10.1. The van der Waals surface area contributed by atoms with Gasteiger partial charge < -0.3 is 14.5 Å². The Morgan fingerprint density at radius 1 is 1.24 bits per heavy atom. The summed E-state index contributed by atoms with van der Waals surface area (Å²) in [7, 11) is -1.09. The molecule has 0 spiro atoms. The molecule has 0 radical (unpaired) electrons. The van der Waals surface area contributed by atoms with Crippen molar-refractivity contribution in [1.29, 1.82) is 0 Å². The number of aryl methyl sites for hydroxylation is 1. The van der Waals surface area contributed by atoms with E-state index >= 15 is 0 Å². The molecule has 3 aromatic rings. The highest BCUT2D eigenvalue weighted by Crippen LogP contribution is 2.53. The number of carbonyl (C=O) groups excluding carboxylic acids is 1. The second-order valence-corrected chi connectivity index (χ2v) is 11.8. The van der Waals surface area contributed by atoms with Gasteiger partial charge in [0.05, 0.1) is 4.88 Å². The minimum atomic E-state index is -4.75. The van der Waals surface area contributed by atoms with E-state index in [2.05, 4.69) is 14.4 Å². The molecule has 0 aliphatic heterocycles. The molecule has 2 atom stereocenters. The number of hydrogen-bond acceptors (Lipinski definition) is 7. The summed E-state index contributed by atoms with van der Waals surface area (Å²) in [4.78, 5) is 25.8. The molecule has 1 aromatic carbocycles. The Kier molecular flexibility index (Phi) is 6.94. The molecule has 14 heteroatoms. The third kappa shape index (κ3) is 5.40. The van der Waals surface area contributed by atoms with Gasteiger partial charge in [0.1, 0.15) is 15.4 Å². The van der Waals surface area contributed by atoms with Crippen LogP contribution in [0.4, 0.5) is 13.2 Å². The van der Waals surface area contributed by atoms with E-state index in [4.69, 9.17) is 0 Å². The van der Waals surface area contributed by atoms with Crippen LogP contribution in [0.15, 0.2) is 51.2 Å². The second-order valence-electron chi connectivity index (χ2n) is 8.82. The highest BCUT2D eigenvalue weighted by Gasteiger charge is 2.63. The van der Waals surface area contributed by atoms with Gasteiger partial charge in [0, 0.05) is 32.5 Å². The molecule has 9 nitrogen and oxygen atoms in total. The lowest BCUT2D eigenvalue weighted by Gasteiger charge is -2.17. The third-order valence-electron chi connectivity index (χ3n) is 6.08. The molecule has 1 aliphatic rings. The van der Waals surface area contributed by atoms with Crippen LogP contribution in [0.2, 0.25) is 0 Å².